The van der Waals surface area contributed by atoms with E-state index in [2.05, 4.69) is 41.4 Å². The second-order valence-electron chi connectivity index (χ2n) is 7.87. The molecule has 1 spiro atoms. The molecule has 139 valence electrons. The van der Waals surface area contributed by atoms with Gasteiger partial charge in [-0.2, -0.15) is 0 Å². The molecule has 3 aromatic rings. The molecule has 2 N–H and O–H groups in total. The zero-order valence-electron chi connectivity index (χ0n) is 16.1. The van der Waals surface area contributed by atoms with Crippen molar-refractivity contribution >= 4 is 30.9 Å². The van der Waals surface area contributed by atoms with Crippen molar-refractivity contribution in [2.45, 2.75) is 31.1 Å². The number of hydrogen-bond donors (Lipinski definition) is 1. The lowest BCUT2D eigenvalue weighted by molar-refractivity contribution is -0.122. The van der Waals surface area contributed by atoms with Gasteiger partial charge in [-0.15, -0.1) is 0 Å². The fourth-order valence-corrected chi connectivity index (χ4v) is 4.86. The maximum absolute atomic E-state index is 13.2. The Labute approximate surface area is 167 Å². The van der Waals surface area contributed by atoms with Crippen LogP contribution in [0.5, 0.6) is 0 Å². The van der Waals surface area contributed by atoms with E-state index in [-0.39, 0.29) is 14.3 Å². The van der Waals surface area contributed by atoms with E-state index in [0.717, 1.165) is 37.1 Å². The van der Waals surface area contributed by atoms with Crippen molar-refractivity contribution in [3.05, 3.63) is 70.9 Å². The zero-order valence-corrected chi connectivity index (χ0v) is 16.1. The second-order valence-corrected chi connectivity index (χ2v) is 7.87. The highest BCUT2D eigenvalue weighted by Gasteiger charge is 2.53. The molecule has 1 amide bonds. The fraction of sp³-hybridized carbons (Fsp3) is 0.304. The molecule has 1 aromatic heterocycles. The van der Waals surface area contributed by atoms with E-state index >= 15 is 0 Å². The highest BCUT2D eigenvalue weighted by Crippen LogP contribution is 2.49. The summed E-state index contributed by atoms with van der Waals surface area (Å²) in [5, 5.41) is 2.50. The number of rotatable bonds is 3. The van der Waals surface area contributed by atoms with Crippen LogP contribution in [0.15, 0.2) is 48.7 Å². The number of anilines is 1. The van der Waals surface area contributed by atoms with E-state index in [1.807, 2.05) is 13.1 Å². The Morgan fingerprint density at radius 3 is 2.61 bits per heavy atom. The van der Waals surface area contributed by atoms with Gasteiger partial charge >= 0.3 is 0 Å². The highest BCUT2D eigenvalue weighted by molar-refractivity contribution is 6.08. The van der Waals surface area contributed by atoms with Crippen LogP contribution in [0.4, 0.5) is 5.82 Å². The Bertz CT molecular complexity index is 1080. The summed E-state index contributed by atoms with van der Waals surface area (Å²) in [5.41, 5.74) is 10.1. The summed E-state index contributed by atoms with van der Waals surface area (Å²) >= 11 is 0. The molecule has 5 heteroatoms. The molecule has 0 saturated heterocycles. The Morgan fingerprint density at radius 1 is 1.11 bits per heavy atom. The smallest absolute Gasteiger partial charge is 0.239 e. The first-order valence-corrected chi connectivity index (χ1v) is 9.60. The molecular weight excluding hydrogens is 345 g/mol. The summed E-state index contributed by atoms with van der Waals surface area (Å²) in [6.07, 6.45) is 5.29. The molecule has 28 heavy (non-hydrogen) atoms. The standard InChI is InChI=1S/C23H23N3O.B/c1-26-21-20(5-3-9-25-21)23(22(26)27)13-18-11-16-7-6-15(4-2-8-24)10-17(16)12-19(18)14-23;/h3,5-7,9-12H,2,4,8,13-14,24H2,1H3;. The number of likely N-dealkylation sites (N-methyl/N-ethyl adjacent to an activating group) is 1. The molecule has 1 unspecified atom stereocenters. The number of aryl methyl sites for hydroxylation is 1. The van der Waals surface area contributed by atoms with E-state index in [4.69, 9.17) is 5.73 Å². The normalized spacial score (nSPS) is 19.8. The molecule has 0 fully saturated rings. The lowest BCUT2D eigenvalue weighted by Gasteiger charge is -2.21. The summed E-state index contributed by atoms with van der Waals surface area (Å²) in [6.45, 7) is 0.716. The van der Waals surface area contributed by atoms with E-state index in [0.29, 0.717) is 6.54 Å². The van der Waals surface area contributed by atoms with Crippen LogP contribution in [0.25, 0.3) is 10.8 Å². The molecule has 0 saturated carbocycles. The number of nitrogens with two attached hydrogens (primary N) is 1. The first-order valence-electron chi connectivity index (χ1n) is 9.60. The average Bonchev–Trinajstić information content (AvgIpc) is 3.16. The van der Waals surface area contributed by atoms with E-state index in [1.165, 1.54) is 27.5 Å². The van der Waals surface area contributed by atoms with Crippen molar-refractivity contribution in [2.75, 3.05) is 18.5 Å². The Hall–Kier alpha value is -2.66. The number of hydrogen-bond acceptors (Lipinski definition) is 3. The number of carbonyl (C=O) groups excluding carboxylic acids is 1. The van der Waals surface area contributed by atoms with Crippen molar-refractivity contribution < 1.29 is 4.79 Å². The number of benzene rings is 2. The summed E-state index contributed by atoms with van der Waals surface area (Å²) in [6, 6.07) is 15.2. The largest absolute Gasteiger partial charge is 0.330 e. The van der Waals surface area contributed by atoms with Crippen molar-refractivity contribution in [3.63, 3.8) is 0 Å². The minimum Gasteiger partial charge on any atom is -0.330 e. The SMILES string of the molecule is CN1C(=O)C2(Cc3cc4ccc(CCCN)cc4cc3C2)c2cccnc21.[B]. The van der Waals surface area contributed by atoms with Crippen LogP contribution in [-0.2, 0) is 29.5 Å². The predicted molar refractivity (Wildman–Crippen MR) is 114 cm³/mol. The Balaban J connectivity index is 0.00000192. The average molecular weight is 368 g/mol. The maximum atomic E-state index is 13.2. The molecule has 2 aromatic carbocycles. The molecule has 3 radical (unpaired) electrons. The van der Waals surface area contributed by atoms with Gasteiger partial charge in [-0.3, -0.25) is 9.69 Å². The third-order valence-corrected chi connectivity index (χ3v) is 6.21. The molecule has 2 heterocycles. The first-order chi connectivity index (χ1) is 13.1. The van der Waals surface area contributed by atoms with Crippen LogP contribution < -0.4 is 10.6 Å². The number of pyridine rings is 1. The van der Waals surface area contributed by atoms with Crippen LogP contribution in [0.2, 0.25) is 0 Å². The van der Waals surface area contributed by atoms with Crippen LogP contribution >= 0.6 is 0 Å². The Kier molecular flexibility index (Phi) is 4.51. The van der Waals surface area contributed by atoms with E-state index in [9.17, 15) is 4.79 Å². The lowest BCUT2D eigenvalue weighted by Crippen LogP contribution is -2.39. The van der Waals surface area contributed by atoms with E-state index < -0.39 is 5.41 Å². The molecule has 0 bridgehead atoms. The van der Waals surface area contributed by atoms with Crippen molar-refractivity contribution in [1.29, 1.82) is 0 Å². The van der Waals surface area contributed by atoms with Gasteiger partial charge in [0.1, 0.15) is 5.82 Å². The van der Waals surface area contributed by atoms with Crippen LogP contribution in [0.3, 0.4) is 0 Å². The highest BCUT2D eigenvalue weighted by atomic mass is 16.2. The van der Waals surface area contributed by atoms with Gasteiger partial charge < -0.3 is 5.73 Å². The number of amides is 1. The van der Waals surface area contributed by atoms with Gasteiger partial charge in [0, 0.05) is 27.2 Å². The molecule has 1 aliphatic heterocycles. The molecule has 2 aliphatic rings. The number of carbonyl (C=O) groups is 1. The van der Waals surface area contributed by atoms with Crippen molar-refractivity contribution in [3.8, 4) is 0 Å². The minimum atomic E-state index is -0.486. The lowest BCUT2D eigenvalue weighted by atomic mass is 9.79. The predicted octanol–water partition coefficient (Wildman–Crippen LogP) is 2.76. The van der Waals surface area contributed by atoms with Gasteiger partial charge in [-0.1, -0.05) is 36.4 Å². The molecule has 5 rings (SSSR count). The summed E-state index contributed by atoms with van der Waals surface area (Å²) in [4.78, 5) is 19.4. The van der Waals surface area contributed by atoms with Gasteiger partial charge in [-0.05, 0) is 65.8 Å². The summed E-state index contributed by atoms with van der Waals surface area (Å²) in [7, 11) is 1.84. The number of aromatic nitrogens is 1. The van der Waals surface area contributed by atoms with Gasteiger partial charge in [0.25, 0.3) is 0 Å². The molecule has 4 nitrogen and oxygen atoms in total. The summed E-state index contributed by atoms with van der Waals surface area (Å²) < 4.78 is 0. The van der Waals surface area contributed by atoms with Crippen molar-refractivity contribution in [1.82, 2.24) is 4.98 Å². The molecule has 1 aliphatic carbocycles. The topological polar surface area (TPSA) is 59.2 Å². The third kappa shape index (κ3) is 2.57. The number of nitrogens with zero attached hydrogens (tertiary/aromatic N) is 2. The van der Waals surface area contributed by atoms with Gasteiger partial charge in [0.2, 0.25) is 5.91 Å². The molecular formula is C23H23BN3O. The maximum Gasteiger partial charge on any atom is 0.239 e. The second kappa shape index (κ2) is 6.75. The van der Waals surface area contributed by atoms with Gasteiger partial charge in [0.05, 0.1) is 5.41 Å². The van der Waals surface area contributed by atoms with Gasteiger partial charge in [0.15, 0.2) is 0 Å². The third-order valence-electron chi connectivity index (χ3n) is 6.21. The summed E-state index contributed by atoms with van der Waals surface area (Å²) in [5.74, 6) is 0.976. The Morgan fingerprint density at radius 2 is 1.86 bits per heavy atom. The monoisotopic (exact) mass is 368 g/mol. The van der Waals surface area contributed by atoms with Crippen LogP contribution in [0.1, 0.15) is 28.7 Å². The first kappa shape index (κ1) is 18.7. The quantitative estimate of drug-likeness (QED) is 0.724. The van der Waals surface area contributed by atoms with Crippen LogP contribution in [-0.4, -0.2) is 32.9 Å². The minimum absolute atomic E-state index is 0. The fourth-order valence-electron chi connectivity index (χ4n) is 4.86. The number of fused-ring (bicyclic) bond motifs is 4. The van der Waals surface area contributed by atoms with E-state index in [1.54, 1.807) is 11.1 Å². The zero-order chi connectivity index (χ0) is 18.6. The van der Waals surface area contributed by atoms with Gasteiger partial charge in [-0.25, -0.2) is 4.98 Å². The van der Waals surface area contributed by atoms with Crippen LogP contribution in [0, 0.1) is 0 Å². The van der Waals surface area contributed by atoms with Crippen molar-refractivity contribution in [2.24, 2.45) is 5.73 Å². The molecule has 1 atom stereocenters.